The van der Waals surface area contributed by atoms with Crippen molar-refractivity contribution in [1.29, 1.82) is 0 Å². The molecule has 60 valence electrons. The summed E-state index contributed by atoms with van der Waals surface area (Å²) in [6.07, 6.45) is 0. The van der Waals surface area contributed by atoms with Gasteiger partial charge in [-0.05, 0) is 6.92 Å². The van der Waals surface area contributed by atoms with Gasteiger partial charge in [0, 0.05) is 14.2 Å². The molecule has 0 radical (unpaired) electrons. The fraction of sp³-hybridized carbons (Fsp3) is 0.750. The third-order valence-corrected chi connectivity index (χ3v) is 2.87. The van der Waals surface area contributed by atoms with Crippen LogP contribution in [-0.2, 0) is 13.6 Å². The lowest BCUT2D eigenvalue weighted by Gasteiger charge is -2.10. The molecular weight excluding hydrogens is 157 g/mol. The van der Waals surface area contributed by atoms with E-state index in [1.165, 1.54) is 21.1 Å². The third-order valence-electron chi connectivity index (χ3n) is 1.02. The van der Waals surface area contributed by atoms with Crippen LogP contribution in [-0.4, -0.2) is 24.9 Å². The summed E-state index contributed by atoms with van der Waals surface area (Å²) in [6.45, 7) is 1.35. The molecule has 0 heterocycles. The van der Waals surface area contributed by atoms with Gasteiger partial charge in [-0.2, -0.15) is 0 Å². The van der Waals surface area contributed by atoms with Crippen molar-refractivity contribution in [2.24, 2.45) is 5.16 Å². The number of oxime groups is 1. The van der Waals surface area contributed by atoms with Gasteiger partial charge in [0.1, 0.15) is 0 Å². The number of nitrogens with zero attached hydrogens (tertiary/aromatic N) is 1. The highest BCUT2D eigenvalue weighted by Crippen LogP contribution is 2.47. The van der Waals surface area contributed by atoms with Gasteiger partial charge in [0.25, 0.3) is 0 Å². The first-order valence-electron chi connectivity index (χ1n) is 2.51. The zero-order valence-corrected chi connectivity index (χ0v) is 6.96. The topological polar surface area (TPSA) is 68.1 Å². The highest BCUT2D eigenvalue weighted by molar-refractivity contribution is 7.72. The fourth-order valence-electron chi connectivity index (χ4n) is 0.394. The number of hydrogen-bond donors (Lipinski definition) is 1. The lowest BCUT2D eigenvalue weighted by atomic mass is 10.9. The summed E-state index contributed by atoms with van der Waals surface area (Å²) in [4.78, 5) is 0. The molecule has 0 aliphatic heterocycles. The van der Waals surface area contributed by atoms with Crippen molar-refractivity contribution in [3.05, 3.63) is 0 Å². The molecule has 10 heavy (non-hydrogen) atoms. The Hall–Kier alpha value is -0.380. The summed E-state index contributed by atoms with van der Waals surface area (Å²) in [5, 5.41) is 10.9. The Morgan fingerprint density at radius 3 is 2.00 bits per heavy atom. The quantitative estimate of drug-likeness (QED) is 0.297. The Bertz CT molecular complexity index is 170. The van der Waals surface area contributed by atoms with Crippen molar-refractivity contribution >= 4 is 13.0 Å². The predicted octanol–water partition coefficient (Wildman–Crippen LogP) is 1.28. The van der Waals surface area contributed by atoms with E-state index in [1.54, 1.807) is 0 Å². The van der Waals surface area contributed by atoms with E-state index in [0.29, 0.717) is 0 Å². The van der Waals surface area contributed by atoms with Crippen molar-refractivity contribution in [1.82, 2.24) is 0 Å². The van der Waals surface area contributed by atoms with Gasteiger partial charge in [0.15, 0.2) is 5.45 Å². The van der Waals surface area contributed by atoms with Gasteiger partial charge in [-0.15, -0.1) is 0 Å². The molecule has 5 nitrogen and oxygen atoms in total. The first-order chi connectivity index (χ1) is 4.60. The predicted molar refractivity (Wildman–Crippen MR) is 36.5 cm³/mol. The molecule has 0 atom stereocenters. The van der Waals surface area contributed by atoms with Gasteiger partial charge in [-0.25, -0.2) is 0 Å². The monoisotopic (exact) mass is 167 g/mol. The molecule has 0 unspecified atom stereocenters. The van der Waals surface area contributed by atoms with Crippen LogP contribution in [0.5, 0.6) is 0 Å². The molecule has 0 saturated carbocycles. The average molecular weight is 167 g/mol. The van der Waals surface area contributed by atoms with Gasteiger partial charge < -0.3 is 14.3 Å². The van der Waals surface area contributed by atoms with Crippen LogP contribution in [0.3, 0.4) is 0 Å². The van der Waals surface area contributed by atoms with Crippen LogP contribution in [0.4, 0.5) is 0 Å². The molecule has 0 fully saturated rings. The highest BCUT2D eigenvalue weighted by atomic mass is 31.2. The van der Waals surface area contributed by atoms with Crippen molar-refractivity contribution in [2.45, 2.75) is 6.92 Å². The summed E-state index contributed by atoms with van der Waals surface area (Å²) in [7, 11) is -0.830. The average Bonchev–Trinajstić information content (AvgIpc) is 2.01. The van der Waals surface area contributed by atoms with E-state index in [-0.39, 0.29) is 5.45 Å². The Labute approximate surface area is 59.2 Å². The van der Waals surface area contributed by atoms with Crippen LogP contribution in [0.1, 0.15) is 6.92 Å². The molecule has 0 bridgehead atoms. The highest BCUT2D eigenvalue weighted by Gasteiger charge is 2.25. The van der Waals surface area contributed by atoms with Crippen LogP contribution >= 0.6 is 7.60 Å². The minimum absolute atomic E-state index is 0.0579. The second-order valence-corrected chi connectivity index (χ2v) is 3.88. The fourth-order valence-corrected chi connectivity index (χ4v) is 1.18. The van der Waals surface area contributed by atoms with Crippen LogP contribution in [0.25, 0.3) is 0 Å². The van der Waals surface area contributed by atoms with Crippen LogP contribution in [0.2, 0.25) is 0 Å². The summed E-state index contributed by atoms with van der Waals surface area (Å²) in [5.74, 6) is 0. The van der Waals surface area contributed by atoms with E-state index in [9.17, 15) is 4.57 Å². The van der Waals surface area contributed by atoms with Crippen LogP contribution in [0, 0.1) is 0 Å². The van der Waals surface area contributed by atoms with Gasteiger partial charge >= 0.3 is 7.60 Å². The lowest BCUT2D eigenvalue weighted by Crippen LogP contribution is -1.98. The zero-order chi connectivity index (χ0) is 8.20. The first kappa shape index (κ1) is 9.62. The van der Waals surface area contributed by atoms with Crippen LogP contribution in [0.15, 0.2) is 5.16 Å². The smallest absolute Gasteiger partial charge is 0.377 e. The molecule has 1 N–H and O–H groups in total. The zero-order valence-electron chi connectivity index (χ0n) is 6.07. The molecule has 0 amide bonds. The minimum Gasteiger partial charge on any atom is -0.410 e. The molecule has 0 aliphatic rings. The molecule has 0 rings (SSSR count). The van der Waals surface area contributed by atoms with Gasteiger partial charge in [-0.1, -0.05) is 5.16 Å². The van der Waals surface area contributed by atoms with Gasteiger partial charge in [0.05, 0.1) is 0 Å². The molecular formula is C4H10NO4P. The second-order valence-electron chi connectivity index (χ2n) is 1.51. The Balaban J connectivity index is 4.50. The minimum atomic E-state index is -3.27. The van der Waals surface area contributed by atoms with E-state index >= 15 is 0 Å². The first-order valence-corrected chi connectivity index (χ1v) is 4.05. The van der Waals surface area contributed by atoms with E-state index in [2.05, 4.69) is 14.2 Å². The molecule has 6 heteroatoms. The summed E-state index contributed by atoms with van der Waals surface area (Å²) >= 11 is 0. The largest absolute Gasteiger partial charge is 0.410 e. The van der Waals surface area contributed by atoms with Crippen molar-refractivity contribution in [3.8, 4) is 0 Å². The van der Waals surface area contributed by atoms with Crippen molar-refractivity contribution in [2.75, 3.05) is 14.2 Å². The lowest BCUT2D eigenvalue weighted by molar-refractivity contribution is 0.283. The number of rotatable bonds is 3. The van der Waals surface area contributed by atoms with E-state index in [0.717, 1.165) is 0 Å². The number of hydrogen-bond acceptors (Lipinski definition) is 5. The maximum Gasteiger partial charge on any atom is 0.377 e. The van der Waals surface area contributed by atoms with Crippen LogP contribution < -0.4 is 0 Å². The standard InChI is InChI=1S/C4H10NO4P/c1-4(5-6)10(7,8-2)9-3/h6H,1-3H3/b5-4+. The van der Waals surface area contributed by atoms with Crippen molar-refractivity contribution in [3.63, 3.8) is 0 Å². The Morgan fingerprint density at radius 1 is 1.50 bits per heavy atom. The summed E-state index contributed by atoms with van der Waals surface area (Å²) in [6, 6.07) is 0. The van der Waals surface area contributed by atoms with E-state index < -0.39 is 7.60 Å². The Kier molecular flexibility index (Phi) is 3.57. The maximum atomic E-state index is 11.1. The summed E-state index contributed by atoms with van der Waals surface area (Å²) < 4.78 is 20.1. The molecule has 0 aromatic heterocycles. The molecule has 0 spiro atoms. The Morgan fingerprint density at radius 2 is 1.90 bits per heavy atom. The second kappa shape index (κ2) is 3.71. The molecule has 0 aromatic carbocycles. The molecule has 0 aromatic rings. The SMILES string of the molecule is COP(=O)(OC)/C(C)=N/O. The molecule has 0 saturated heterocycles. The summed E-state index contributed by atoms with van der Waals surface area (Å²) in [5.41, 5.74) is -0.0579. The normalized spacial score (nSPS) is 13.7. The third kappa shape index (κ3) is 1.80. The van der Waals surface area contributed by atoms with Gasteiger partial charge in [0.2, 0.25) is 0 Å². The van der Waals surface area contributed by atoms with Crippen molar-refractivity contribution < 1.29 is 18.8 Å². The molecule has 0 aliphatic carbocycles. The van der Waals surface area contributed by atoms with Gasteiger partial charge in [-0.3, -0.25) is 4.57 Å². The van der Waals surface area contributed by atoms with E-state index in [4.69, 9.17) is 5.21 Å². The maximum absolute atomic E-state index is 11.1. The van der Waals surface area contributed by atoms with E-state index in [1.807, 2.05) is 0 Å².